The summed E-state index contributed by atoms with van der Waals surface area (Å²) in [6, 6.07) is 11.2. The molecule has 12 nitrogen and oxygen atoms in total. The van der Waals surface area contributed by atoms with Crippen LogP contribution in [0.2, 0.25) is 0 Å². The number of aryl methyl sites for hydroxylation is 1. The van der Waals surface area contributed by atoms with Crippen LogP contribution in [0.3, 0.4) is 0 Å². The molecule has 2 aliphatic rings. The fraction of sp³-hybridized carbons (Fsp3) is 0.394. The van der Waals surface area contributed by atoms with Gasteiger partial charge in [0.1, 0.15) is 35.2 Å². The van der Waals surface area contributed by atoms with Gasteiger partial charge >= 0.3 is 0 Å². The molecule has 4 heterocycles. The molecule has 0 spiro atoms. The van der Waals surface area contributed by atoms with Crippen LogP contribution in [0.1, 0.15) is 41.9 Å². The molecule has 3 aromatic heterocycles. The fourth-order valence-electron chi connectivity index (χ4n) is 6.33. The Morgan fingerprint density at radius 3 is 2.51 bits per heavy atom. The number of aromatic amines is 1. The third-order valence-electron chi connectivity index (χ3n) is 8.69. The Hall–Kier alpha value is -4.68. The summed E-state index contributed by atoms with van der Waals surface area (Å²) in [4.78, 5) is 32.5. The minimum absolute atomic E-state index is 0.0823. The average Bonchev–Trinajstić information content (AvgIpc) is 3.86. The van der Waals surface area contributed by atoms with Crippen LogP contribution < -0.4 is 14.8 Å². The van der Waals surface area contributed by atoms with E-state index in [0.29, 0.717) is 59.0 Å². The van der Waals surface area contributed by atoms with Gasteiger partial charge in [-0.2, -0.15) is 9.97 Å². The molecular formula is C33H36N6O6. The van der Waals surface area contributed by atoms with Gasteiger partial charge in [0.15, 0.2) is 11.5 Å². The van der Waals surface area contributed by atoms with Crippen LogP contribution in [0.5, 0.6) is 11.6 Å². The number of carbonyl (C=O) groups excluding carboxylic acids is 1. The van der Waals surface area contributed by atoms with E-state index in [9.17, 15) is 4.79 Å². The SMILES string of the molecule is COc1cc(C(=O)N2C[C@@H](OC)[C@H](OC)C2)ccc1Nc1nc(OC2CCCC2)c2c(-c3ccc4nc(C)oc4c3)c[nH]c2n1. The second-order valence-electron chi connectivity index (χ2n) is 11.5. The number of aromatic nitrogens is 4. The number of nitrogens with one attached hydrogen (secondary N) is 2. The molecule has 0 unspecified atom stereocenters. The predicted octanol–water partition coefficient (Wildman–Crippen LogP) is 5.63. The smallest absolute Gasteiger partial charge is 0.254 e. The number of hydrogen-bond donors (Lipinski definition) is 2. The summed E-state index contributed by atoms with van der Waals surface area (Å²) >= 11 is 0. The van der Waals surface area contributed by atoms with Crippen molar-refractivity contribution >= 4 is 39.7 Å². The van der Waals surface area contributed by atoms with Crippen LogP contribution in [0.4, 0.5) is 11.6 Å². The molecule has 2 aromatic carbocycles. The normalized spacial score (nSPS) is 18.7. The Bertz CT molecular complexity index is 1850. The number of methoxy groups -OCH3 is 3. The van der Waals surface area contributed by atoms with E-state index in [1.165, 1.54) is 0 Å². The van der Waals surface area contributed by atoms with Gasteiger partial charge in [-0.1, -0.05) is 6.07 Å². The molecule has 1 saturated carbocycles. The van der Waals surface area contributed by atoms with E-state index >= 15 is 0 Å². The second-order valence-corrected chi connectivity index (χ2v) is 11.5. The maximum absolute atomic E-state index is 13.3. The van der Waals surface area contributed by atoms with Crippen LogP contribution in [-0.4, -0.2) is 83.5 Å². The molecule has 0 bridgehead atoms. The monoisotopic (exact) mass is 612 g/mol. The summed E-state index contributed by atoms with van der Waals surface area (Å²) in [7, 11) is 4.82. The van der Waals surface area contributed by atoms with E-state index in [-0.39, 0.29) is 24.2 Å². The molecule has 234 valence electrons. The van der Waals surface area contributed by atoms with E-state index in [1.54, 1.807) is 44.4 Å². The Balaban J connectivity index is 1.20. The third kappa shape index (κ3) is 5.55. The van der Waals surface area contributed by atoms with Crippen LogP contribution in [0, 0.1) is 6.92 Å². The van der Waals surface area contributed by atoms with E-state index in [1.807, 2.05) is 31.3 Å². The summed E-state index contributed by atoms with van der Waals surface area (Å²) in [5, 5.41) is 4.09. The van der Waals surface area contributed by atoms with E-state index < -0.39 is 0 Å². The molecule has 7 rings (SSSR count). The molecule has 12 heteroatoms. The number of nitrogens with zero attached hydrogens (tertiary/aromatic N) is 4. The number of carbonyl (C=O) groups is 1. The molecule has 1 amide bonds. The lowest BCUT2D eigenvalue weighted by Gasteiger charge is -2.18. The molecule has 1 aliphatic carbocycles. The summed E-state index contributed by atoms with van der Waals surface area (Å²) < 4.78 is 29.0. The first-order valence-electron chi connectivity index (χ1n) is 15.2. The first kappa shape index (κ1) is 29.1. The molecular weight excluding hydrogens is 576 g/mol. The molecule has 2 atom stereocenters. The van der Waals surface area contributed by atoms with E-state index in [0.717, 1.165) is 47.7 Å². The quantitative estimate of drug-likeness (QED) is 0.215. The number of fused-ring (bicyclic) bond motifs is 2. The zero-order chi connectivity index (χ0) is 31.1. The molecule has 1 aliphatic heterocycles. The Morgan fingerprint density at radius 2 is 1.78 bits per heavy atom. The topological polar surface area (TPSA) is 137 Å². The van der Waals surface area contributed by atoms with Gasteiger partial charge in [0.05, 0.1) is 18.2 Å². The molecule has 1 saturated heterocycles. The van der Waals surface area contributed by atoms with Crippen molar-refractivity contribution in [3.05, 3.63) is 54.0 Å². The summed E-state index contributed by atoms with van der Waals surface area (Å²) in [6.07, 6.45) is 5.87. The standard InChI is InChI=1S/C33H36N6O6/c1-18-35-24-11-9-19(13-26(24)44-18)22-15-34-30-29(22)31(45-21-7-5-6-8-21)38-33(37-30)36-23-12-10-20(14-25(23)41-2)32(40)39-16-27(42-3)28(17-39)43-4/h9-15,21,27-28H,5-8,16-17H2,1-4H3,(H2,34,36,37,38)/t27-,28-/m1/s1. The van der Waals surface area contributed by atoms with Crippen molar-refractivity contribution in [2.24, 2.45) is 0 Å². The molecule has 2 fully saturated rings. The lowest BCUT2D eigenvalue weighted by molar-refractivity contribution is -0.00461. The Kier molecular flexibility index (Phi) is 7.76. The highest BCUT2D eigenvalue weighted by molar-refractivity contribution is 5.99. The van der Waals surface area contributed by atoms with Gasteiger partial charge in [0, 0.05) is 51.6 Å². The van der Waals surface area contributed by atoms with Gasteiger partial charge in [-0.05, 0) is 61.6 Å². The average molecular weight is 613 g/mol. The van der Waals surface area contributed by atoms with Gasteiger partial charge < -0.3 is 38.6 Å². The second kappa shape index (κ2) is 12.0. The van der Waals surface area contributed by atoms with Gasteiger partial charge in [-0.3, -0.25) is 4.79 Å². The number of rotatable bonds is 9. The lowest BCUT2D eigenvalue weighted by Crippen LogP contribution is -2.30. The van der Waals surface area contributed by atoms with E-state index in [2.05, 4.69) is 15.3 Å². The van der Waals surface area contributed by atoms with Crippen molar-refractivity contribution in [3.63, 3.8) is 0 Å². The minimum Gasteiger partial charge on any atom is -0.495 e. The molecule has 45 heavy (non-hydrogen) atoms. The third-order valence-corrected chi connectivity index (χ3v) is 8.69. The van der Waals surface area contributed by atoms with Crippen LogP contribution in [-0.2, 0) is 9.47 Å². The zero-order valence-corrected chi connectivity index (χ0v) is 25.8. The van der Waals surface area contributed by atoms with Crippen molar-refractivity contribution < 1.29 is 28.2 Å². The van der Waals surface area contributed by atoms with Gasteiger partial charge in [-0.25, -0.2) is 4.98 Å². The van der Waals surface area contributed by atoms with Gasteiger partial charge in [0.2, 0.25) is 11.8 Å². The maximum Gasteiger partial charge on any atom is 0.254 e. The maximum atomic E-state index is 13.3. The van der Waals surface area contributed by atoms with Crippen molar-refractivity contribution in [2.45, 2.75) is 50.9 Å². The summed E-state index contributed by atoms with van der Waals surface area (Å²) in [5.41, 5.74) is 5.12. The summed E-state index contributed by atoms with van der Waals surface area (Å²) in [5.74, 6) is 1.82. The highest BCUT2D eigenvalue weighted by atomic mass is 16.5. The number of H-pyrrole nitrogens is 1. The van der Waals surface area contributed by atoms with Gasteiger partial charge in [-0.15, -0.1) is 0 Å². The predicted molar refractivity (Wildman–Crippen MR) is 168 cm³/mol. The highest BCUT2D eigenvalue weighted by Gasteiger charge is 2.36. The van der Waals surface area contributed by atoms with Crippen molar-refractivity contribution in [3.8, 4) is 22.8 Å². The van der Waals surface area contributed by atoms with Crippen LogP contribution in [0.15, 0.2) is 47.0 Å². The van der Waals surface area contributed by atoms with Gasteiger partial charge in [0.25, 0.3) is 5.91 Å². The zero-order valence-electron chi connectivity index (χ0n) is 25.8. The van der Waals surface area contributed by atoms with Crippen molar-refractivity contribution in [1.82, 2.24) is 24.8 Å². The van der Waals surface area contributed by atoms with Crippen LogP contribution >= 0.6 is 0 Å². The lowest BCUT2D eigenvalue weighted by atomic mass is 10.1. The number of amides is 1. The van der Waals surface area contributed by atoms with Crippen molar-refractivity contribution in [1.29, 1.82) is 0 Å². The van der Waals surface area contributed by atoms with E-state index in [4.69, 9.17) is 33.3 Å². The number of ether oxygens (including phenoxy) is 4. The number of anilines is 2. The number of benzene rings is 2. The number of likely N-dealkylation sites (tertiary alicyclic amines) is 1. The molecule has 0 radical (unpaired) electrons. The number of hydrogen-bond acceptors (Lipinski definition) is 10. The first-order valence-corrected chi connectivity index (χ1v) is 15.2. The Morgan fingerprint density at radius 1 is 1.00 bits per heavy atom. The highest BCUT2D eigenvalue weighted by Crippen LogP contribution is 2.38. The van der Waals surface area contributed by atoms with Crippen LogP contribution in [0.25, 0.3) is 33.3 Å². The van der Waals surface area contributed by atoms with Crippen molar-refractivity contribution in [2.75, 3.05) is 39.7 Å². The Labute approximate surface area is 260 Å². The minimum atomic E-state index is -0.169. The molecule has 2 N–H and O–H groups in total. The first-order chi connectivity index (χ1) is 21.9. The fourth-order valence-corrected chi connectivity index (χ4v) is 6.33. The largest absolute Gasteiger partial charge is 0.495 e. The molecule has 5 aromatic rings. The number of oxazole rings is 1. The summed E-state index contributed by atoms with van der Waals surface area (Å²) in [6.45, 7) is 2.75.